The third kappa shape index (κ3) is 4.99. The Bertz CT molecular complexity index is 952. The SMILES string of the molecule is NC(=O)c1cnc(Cc2ccc(N3CCCCC3=O)cn2)cc1N[C@H]1CCNC[C@H]1F. The second-order valence-electron chi connectivity index (χ2n) is 8.03. The number of nitrogens with two attached hydrogens (primary N) is 1. The minimum Gasteiger partial charge on any atom is -0.379 e. The Balaban J connectivity index is 1.50. The summed E-state index contributed by atoms with van der Waals surface area (Å²) < 4.78 is 14.2. The van der Waals surface area contributed by atoms with Crippen LogP contribution in [0.25, 0.3) is 0 Å². The van der Waals surface area contributed by atoms with Gasteiger partial charge in [0, 0.05) is 43.5 Å². The Morgan fingerprint density at radius 1 is 1.26 bits per heavy atom. The minimum absolute atomic E-state index is 0.129. The summed E-state index contributed by atoms with van der Waals surface area (Å²) >= 11 is 0. The summed E-state index contributed by atoms with van der Waals surface area (Å²) in [5.41, 5.74) is 8.48. The van der Waals surface area contributed by atoms with Crippen LogP contribution < -0.4 is 21.3 Å². The summed E-state index contributed by atoms with van der Waals surface area (Å²) in [5, 5.41) is 6.15. The number of anilines is 2. The van der Waals surface area contributed by atoms with Crippen molar-refractivity contribution in [2.24, 2.45) is 5.73 Å². The van der Waals surface area contributed by atoms with Crippen molar-refractivity contribution >= 4 is 23.2 Å². The summed E-state index contributed by atoms with van der Waals surface area (Å²) in [6.45, 7) is 1.70. The highest BCUT2D eigenvalue weighted by molar-refractivity contribution is 5.98. The highest BCUT2D eigenvalue weighted by Gasteiger charge is 2.26. The second-order valence-corrected chi connectivity index (χ2v) is 8.03. The van der Waals surface area contributed by atoms with Gasteiger partial charge in [0.05, 0.1) is 29.2 Å². The molecule has 2 aromatic rings. The smallest absolute Gasteiger partial charge is 0.252 e. The first kappa shape index (κ1) is 21.2. The van der Waals surface area contributed by atoms with E-state index in [1.54, 1.807) is 17.2 Å². The number of carbonyl (C=O) groups is 2. The maximum absolute atomic E-state index is 14.2. The predicted molar refractivity (Wildman–Crippen MR) is 116 cm³/mol. The number of nitrogens with zero attached hydrogens (tertiary/aromatic N) is 3. The lowest BCUT2D eigenvalue weighted by molar-refractivity contribution is -0.119. The first-order valence-electron chi connectivity index (χ1n) is 10.7. The number of alkyl halides is 1. The molecule has 8 nitrogen and oxygen atoms in total. The number of pyridine rings is 2. The Morgan fingerprint density at radius 3 is 2.81 bits per heavy atom. The second kappa shape index (κ2) is 9.38. The molecule has 4 heterocycles. The molecule has 0 aromatic carbocycles. The van der Waals surface area contributed by atoms with E-state index in [9.17, 15) is 14.0 Å². The summed E-state index contributed by atoms with van der Waals surface area (Å²) in [4.78, 5) is 34.5. The van der Waals surface area contributed by atoms with E-state index in [1.807, 2.05) is 12.1 Å². The summed E-state index contributed by atoms with van der Waals surface area (Å²) in [6.07, 6.45) is 5.62. The molecule has 2 atom stereocenters. The van der Waals surface area contributed by atoms with Crippen LogP contribution in [0, 0.1) is 0 Å². The maximum Gasteiger partial charge on any atom is 0.252 e. The average Bonchev–Trinajstić information content (AvgIpc) is 2.76. The Morgan fingerprint density at radius 2 is 2.10 bits per heavy atom. The van der Waals surface area contributed by atoms with Crippen LogP contribution in [-0.2, 0) is 11.2 Å². The van der Waals surface area contributed by atoms with Crippen LogP contribution >= 0.6 is 0 Å². The Kier molecular flexibility index (Phi) is 6.41. The number of piperidine rings is 2. The molecule has 2 saturated heterocycles. The highest BCUT2D eigenvalue weighted by Crippen LogP contribution is 2.23. The largest absolute Gasteiger partial charge is 0.379 e. The summed E-state index contributed by atoms with van der Waals surface area (Å²) in [5.74, 6) is -0.483. The number of hydrogen-bond donors (Lipinski definition) is 3. The molecule has 9 heteroatoms. The highest BCUT2D eigenvalue weighted by atomic mass is 19.1. The van der Waals surface area contributed by atoms with E-state index in [2.05, 4.69) is 20.6 Å². The third-order valence-electron chi connectivity index (χ3n) is 5.78. The lowest BCUT2D eigenvalue weighted by atomic mass is 10.0. The van der Waals surface area contributed by atoms with Crippen molar-refractivity contribution in [3.05, 3.63) is 47.5 Å². The molecule has 4 N–H and O–H groups in total. The molecular formula is C22H27FN6O2. The van der Waals surface area contributed by atoms with Gasteiger partial charge in [-0.15, -0.1) is 0 Å². The summed E-state index contributed by atoms with van der Waals surface area (Å²) in [7, 11) is 0. The molecule has 2 amide bonds. The molecule has 0 saturated carbocycles. The predicted octanol–water partition coefficient (Wildman–Crippen LogP) is 1.80. The molecule has 2 aliphatic heterocycles. The number of halogens is 1. The lowest BCUT2D eigenvalue weighted by Crippen LogP contribution is -2.45. The van der Waals surface area contributed by atoms with Crippen LogP contribution in [0.4, 0.5) is 15.8 Å². The van der Waals surface area contributed by atoms with E-state index in [0.29, 0.717) is 37.2 Å². The first-order valence-corrected chi connectivity index (χ1v) is 10.7. The summed E-state index contributed by atoms with van der Waals surface area (Å²) in [6, 6.07) is 5.11. The van der Waals surface area contributed by atoms with E-state index < -0.39 is 18.1 Å². The van der Waals surface area contributed by atoms with Crippen LogP contribution in [0.15, 0.2) is 30.6 Å². The number of primary amides is 1. The van der Waals surface area contributed by atoms with Gasteiger partial charge in [-0.05, 0) is 44.0 Å². The molecule has 0 bridgehead atoms. The van der Waals surface area contributed by atoms with Gasteiger partial charge in [-0.3, -0.25) is 19.6 Å². The fraction of sp³-hybridized carbons (Fsp3) is 0.455. The van der Waals surface area contributed by atoms with Gasteiger partial charge in [0.25, 0.3) is 5.91 Å². The zero-order chi connectivity index (χ0) is 21.8. The molecule has 0 spiro atoms. The van der Waals surface area contributed by atoms with Crippen LogP contribution in [0.1, 0.15) is 47.4 Å². The monoisotopic (exact) mass is 426 g/mol. The first-order chi connectivity index (χ1) is 15.0. The zero-order valence-corrected chi connectivity index (χ0v) is 17.3. The fourth-order valence-corrected chi connectivity index (χ4v) is 4.04. The van der Waals surface area contributed by atoms with Crippen LogP contribution in [0.2, 0.25) is 0 Å². The maximum atomic E-state index is 14.2. The van der Waals surface area contributed by atoms with E-state index in [-0.39, 0.29) is 18.0 Å². The fourth-order valence-electron chi connectivity index (χ4n) is 4.04. The molecule has 2 fully saturated rings. The van der Waals surface area contributed by atoms with E-state index in [4.69, 9.17) is 5.73 Å². The molecule has 2 aromatic heterocycles. The van der Waals surface area contributed by atoms with Crippen LogP contribution in [-0.4, -0.2) is 53.6 Å². The van der Waals surface area contributed by atoms with Crippen molar-refractivity contribution in [1.29, 1.82) is 0 Å². The van der Waals surface area contributed by atoms with Crippen molar-refractivity contribution in [2.75, 3.05) is 29.9 Å². The topological polar surface area (TPSA) is 113 Å². The van der Waals surface area contributed by atoms with Gasteiger partial charge in [0.1, 0.15) is 6.17 Å². The number of hydrogen-bond acceptors (Lipinski definition) is 6. The number of amides is 2. The van der Waals surface area contributed by atoms with E-state index in [0.717, 1.165) is 30.8 Å². The van der Waals surface area contributed by atoms with Gasteiger partial charge in [-0.1, -0.05) is 0 Å². The lowest BCUT2D eigenvalue weighted by Gasteiger charge is -2.29. The van der Waals surface area contributed by atoms with Crippen LogP contribution in [0.5, 0.6) is 0 Å². The third-order valence-corrected chi connectivity index (χ3v) is 5.78. The molecule has 0 unspecified atom stereocenters. The van der Waals surface area contributed by atoms with Crippen LogP contribution in [0.3, 0.4) is 0 Å². The van der Waals surface area contributed by atoms with Gasteiger partial charge in [-0.25, -0.2) is 4.39 Å². The molecule has 0 radical (unpaired) electrons. The quantitative estimate of drug-likeness (QED) is 0.649. The average molecular weight is 426 g/mol. The van der Waals surface area contributed by atoms with Gasteiger partial charge in [0.2, 0.25) is 5.91 Å². The van der Waals surface area contributed by atoms with Crippen molar-refractivity contribution in [3.63, 3.8) is 0 Å². The Labute approximate surface area is 180 Å². The number of carbonyl (C=O) groups excluding carboxylic acids is 2. The van der Waals surface area contributed by atoms with Crippen molar-refractivity contribution in [2.45, 2.75) is 44.3 Å². The van der Waals surface area contributed by atoms with Crippen molar-refractivity contribution < 1.29 is 14.0 Å². The molecule has 31 heavy (non-hydrogen) atoms. The molecule has 0 aliphatic carbocycles. The number of aromatic nitrogens is 2. The van der Waals surface area contributed by atoms with Gasteiger partial charge in [0.15, 0.2) is 0 Å². The van der Waals surface area contributed by atoms with Gasteiger partial charge < -0.3 is 21.3 Å². The van der Waals surface area contributed by atoms with Gasteiger partial charge in [-0.2, -0.15) is 0 Å². The number of nitrogens with one attached hydrogen (secondary N) is 2. The zero-order valence-electron chi connectivity index (χ0n) is 17.3. The normalized spacial score (nSPS) is 21.7. The Hall–Kier alpha value is -3.07. The van der Waals surface area contributed by atoms with Gasteiger partial charge >= 0.3 is 0 Å². The number of rotatable bonds is 6. The molecule has 2 aliphatic rings. The van der Waals surface area contributed by atoms with E-state index in [1.165, 1.54) is 6.20 Å². The van der Waals surface area contributed by atoms with E-state index >= 15 is 0 Å². The standard InChI is InChI=1S/C22H27FN6O2/c23-18-13-25-7-6-19(18)28-20-10-15(27-12-17(20)22(24)31)9-14-4-5-16(11-26-14)29-8-2-1-3-21(29)30/h4-5,10-12,18-19,25H,1-3,6-9,13H2,(H2,24,31)(H,27,28)/t18-,19+/m1/s1. The molecule has 164 valence electrons. The molecule has 4 rings (SSSR count). The van der Waals surface area contributed by atoms with Crippen molar-refractivity contribution in [1.82, 2.24) is 15.3 Å². The van der Waals surface area contributed by atoms with Crippen molar-refractivity contribution in [3.8, 4) is 0 Å². The minimum atomic E-state index is -1.06. The molecular weight excluding hydrogens is 399 g/mol.